The molecule has 1 amide bonds. The van der Waals surface area contributed by atoms with Crippen LogP contribution in [0.5, 0.6) is 0 Å². The van der Waals surface area contributed by atoms with Crippen LogP contribution in [0.2, 0.25) is 0 Å². The lowest BCUT2D eigenvalue weighted by atomic mass is 10.0. The minimum Gasteiger partial charge on any atom is -0.464 e. The lowest BCUT2D eigenvalue weighted by molar-refractivity contribution is -0.131. The van der Waals surface area contributed by atoms with Gasteiger partial charge in [-0.3, -0.25) is 18.8 Å². The summed E-state index contributed by atoms with van der Waals surface area (Å²) in [5, 5.41) is 5.85. The zero-order valence-electron chi connectivity index (χ0n) is 20.6. The van der Waals surface area contributed by atoms with E-state index in [2.05, 4.69) is 23.3 Å². The average molecular weight is 494 g/mol. The van der Waals surface area contributed by atoms with Crippen LogP contribution in [0.25, 0.3) is 44.5 Å². The molecule has 2 aromatic carbocycles. The Morgan fingerprint density at radius 2 is 1.81 bits per heavy atom. The van der Waals surface area contributed by atoms with Gasteiger partial charge in [-0.25, -0.2) is 4.98 Å². The number of amides is 1. The maximum Gasteiger partial charge on any atom is 0.264 e. The molecule has 3 aromatic heterocycles. The van der Waals surface area contributed by atoms with Crippen LogP contribution in [0.3, 0.4) is 0 Å². The summed E-state index contributed by atoms with van der Waals surface area (Å²) < 4.78 is 8.90. The van der Waals surface area contributed by atoms with Gasteiger partial charge < -0.3 is 9.32 Å². The number of hydrogen-bond donors (Lipinski definition) is 0. The number of benzene rings is 2. The zero-order chi connectivity index (χ0) is 25.1. The molecule has 0 unspecified atom stereocenters. The maximum absolute atomic E-state index is 13.6. The Morgan fingerprint density at radius 3 is 2.62 bits per heavy atom. The highest BCUT2D eigenvalue weighted by atomic mass is 16.3. The van der Waals surface area contributed by atoms with Crippen LogP contribution >= 0.6 is 0 Å². The highest BCUT2D eigenvalue weighted by Gasteiger charge is 2.37. The number of carbonyl (C=O) groups excluding carboxylic acids is 1. The summed E-state index contributed by atoms with van der Waals surface area (Å²) in [7, 11) is 1.80. The van der Waals surface area contributed by atoms with Gasteiger partial charge in [0.05, 0.1) is 12.5 Å². The monoisotopic (exact) mass is 493 g/mol. The highest BCUT2D eigenvalue weighted by molar-refractivity contribution is 5.84. The zero-order valence-corrected chi connectivity index (χ0v) is 20.6. The molecule has 0 N–H and O–H groups in total. The molecule has 7 rings (SSSR count). The molecule has 1 saturated heterocycles. The second kappa shape index (κ2) is 8.44. The van der Waals surface area contributed by atoms with Gasteiger partial charge in [0.2, 0.25) is 5.91 Å². The lowest BCUT2D eigenvalue weighted by Gasteiger charge is -2.18. The Morgan fingerprint density at radius 1 is 1.03 bits per heavy atom. The summed E-state index contributed by atoms with van der Waals surface area (Å²) in [6.45, 7) is 1.99. The van der Waals surface area contributed by atoms with Gasteiger partial charge in [-0.15, -0.1) is 0 Å². The standard InChI is InChI=1S/C29H27N5O3/c1-32-27-24(15-30-32)29(36)34(17-18-10-12-33(16-18)28(35)21-6-7-21)26(31-27)20-4-2-19(3-5-20)22-8-9-25-23(14-22)11-13-37-25/h2-5,8-9,11,13-15,18,21H,6-7,10,12,16-17H2,1H3/t18-/m1/s1. The summed E-state index contributed by atoms with van der Waals surface area (Å²) in [4.78, 5) is 33.1. The number of carbonyl (C=O) groups is 1. The molecule has 1 atom stereocenters. The minimum atomic E-state index is -0.0884. The van der Waals surface area contributed by atoms with E-state index in [0.29, 0.717) is 29.9 Å². The summed E-state index contributed by atoms with van der Waals surface area (Å²) >= 11 is 0. The Hall–Kier alpha value is -4.20. The van der Waals surface area contributed by atoms with Gasteiger partial charge >= 0.3 is 0 Å². The van der Waals surface area contributed by atoms with Crippen LogP contribution in [0, 0.1) is 11.8 Å². The highest BCUT2D eigenvalue weighted by Crippen LogP contribution is 2.33. The maximum atomic E-state index is 13.6. The van der Waals surface area contributed by atoms with Gasteiger partial charge in [-0.05, 0) is 54.5 Å². The second-order valence-electron chi connectivity index (χ2n) is 10.3. The first-order chi connectivity index (χ1) is 18.0. The average Bonchev–Trinajstić information content (AvgIpc) is 3.29. The van der Waals surface area contributed by atoms with Crippen molar-refractivity contribution in [3.8, 4) is 22.5 Å². The van der Waals surface area contributed by atoms with Crippen LogP contribution in [0.4, 0.5) is 0 Å². The number of furan rings is 1. The molecule has 0 spiro atoms. The van der Waals surface area contributed by atoms with Crippen LogP contribution in [-0.4, -0.2) is 43.2 Å². The summed E-state index contributed by atoms with van der Waals surface area (Å²) in [5.41, 5.74) is 4.39. The third-order valence-electron chi connectivity index (χ3n) is 7.74. The summed E-state index contributed by atoms with van der Waals surface area (Å²) in [6, 6.07) is 16.3. The fourth-order valence-corrected chi connectivity index (χ4v) is 5.49. The molecule has 8 heteroatoms. The van der Waals surface area contributed by atoms with Gasteiger partial charge in [-0.1, -0.05) is 30.3 Å². The Balaban J connectivity index is 1.24. The van der Waals surface area contributed by atoms with Gasteiger partial charge in [0.25, 0.3) is 5.56 Å². The Bertz CT molecular complexity index is 1710. The molecule has 1 aliphatic heterocycles. The molecule has 1 saturated carbocycles. The fourth-order valence-electron chi connectivity index (χ4n) is 5.49. The third kappa shape index (κ3) is 3.84. The molecule has 8 nitrogen and oxygen atoms in total. The van der Waals surface area contributed by atoms with E-state index in [1.54, 1.807) is 28.8 Å². The van der Waals surface area contributed by atoms with E-state index in [-0.39, 0.29) is 23.3 Å². The molecule has 1 aliphatic carbocycles. The largest absolute Gasteiger partial charge is 0.464 e. The first-order valence-electron chi connectivity index (χ1n) is 12.8. The molecule has 5 aromatic rings. The van der Waals surface area contributed by atoms with Crippen molar-refractivity contribution in [2.45, 2.75) is 25.8 Å². The van der Waals surface area contributed by atoms with Crippen molar-refractivity contribution in [3.63, 3.8) is 0 Å². The summed E-state index contributed by atoms with van der Waals surface area (Å²) in [5.74, 6) is 1.35. The molecule has 0 bridgehead atoms. The van der Waals surface area contributed by atoms with Crippen molar-refractivity contribution >= 4 is 27.9 Å². The van der Waals surface area contributed by atoms with E-state index >= 15 is 0 Å². The van der Waals surface area contributed by atoms with Crippen molar-refractivity contribution in [2.24, 2.45) is 18.9 Å². The first kappa shape index (κ1) is 22.0. The van der Waals surface area contributed by atoms with E-state index < -0.39 is 0 Å². The number of aromatic nitrogens is 4. The van der Waals surface area contributed by atoms with Crippen molar-refractivity contribution in [2.75, 3.05) is 13.1 Å². The fraction of sp³-hybridized carbons (Fsp3) is 0.310. The van der Waals surface area contributed by atoms with E-state index in [1.165, 1.54) is 0 Å². The number of likely N-dealkylation sites (tertiary alicyclic amines) is 1. The van der Waals surface area contributed by atoms with E-state index in [1.807, 2.05) is 35.2 Å². The van der Waals surface area contributed by atoms with Crippen molar-refractivity contribution < 1.29 is 9.21 Å². The van der Waals surface area contributed by atoms with Crippen LogP contribution in [0.1, 0.15) is 19.3 Å². The summed E-state index contributed by atoms with van der Waals surface area (Å²) in [6.07, 6.45) is 6.21. The number of fused-ring (bicyclic) bond motifs is 2. The lowest BCUT2D eigenvalue weighted by Crippen LogP contribution is -2.32. The Kier molecular flexibility index (Phi) is 5.02. The van der Waals surface area contributed by atoms with Crippen LogP contribution in [-0.2, 0) is 18.4 Å². The molecule has 2 fully saturated rings. The Labute approximate surface area is 213 Å². The van der Waals surface area contributed by atoms with Gasteiger partial charge in [-0.2, -0.15) is 5.10 Å². The van der Waals surface area contributed by atoms with Gasteiger partial charge in [0.1, 0.15) is 16.8 Å². The number of rotatable bonds is 5. The van der Waals surface area contributed by atoms with Gasteiger partial charge in [0.15, 0.2) is 5.65 Å². The van der Waals surface area contributed by atoms with Crippen molar-refractivity contribution in [1.82, 2.24) is 24.2 Å². The van der Waals surface area contributed by atoms with E-state index in [9.17, 15) is 9.59 Å². The molecular weight excluding hydrogens is 466 g/mol. The smallest absolute Gasteiger partial charge is 0.264 e. The molecule has 186 valence electrons. The van der Waals surface area contributed by atoms with E-state index in [0.717, 1.165) is 53.5 Å². The molecule has 37 heavy (non-hydrogen) atoms. The molecular formula is C29H27N5O3. The van der Waals surface area contributed by atoms with E-state index in [4.69, 9.17) is 9.40 Å². The van der Waals surface area contributed by atoms with Crippen molar-refractivity contribution in [1.29, 1.82) is 0 Å². The molecule has 0 radical (unpaired) electrons. The molecule has 4 heterocycles. The predicted octanol–water partition coefficient (Wildman–Crippen LogP) is 4.47. The van der Waals surface area contributed by atoms with Crippen molar-refractivity contribution in [3.05, 3.63) is 71.3 Å². The number of hydrogen-bond acceptors (Lipinski definition) is 5. The normalized spacial score (nSPS) is 17.8. The number of nitrogens with zero attached hydrogens (tertiary/aromatic N) is 5. The second-order valence-corrected chi connectivity index (χ2v) is 10.3. The first-order valence-corrected chi connectivity index (χ1v) is 12.8. The van der Waals surface area contributed by atoms with Crippen LogP contribution < -0.4 is 5.56 Å². The molecule has 2 aliphatic rings. The van der Waals surface area contributed by atoms with Crippen LogP contribution in [0.15, 0.2) is 70.2 Å². The SMILES string of the molecule is Cn1ncc2c(=O)n(C[C@@H]3CCN(C(=O)C4CC4)C3)c(-c3ccc(-c4ccc5occc5c4)cc3)nc21. The minimum absolute atomic E-state index is 0.0884. The predicted molar refractivity (Wildman–Crippen MR) is 141 cm³/mol. The quantitative estimate of drug-likeness (QED) is 0.361. The van der Waals surface area contributed by atoms with Gasteiger partial charge in [0, 0.05) is 43.5 Å². The topological polar surface area (TPSA) is 86.2 Å². The number of aryl methyl sites for hydroxylation is 1. The third-order valence-corrected chi connectivity index (χ3v) is 7.74.